The molecule has 0 atom stereocenters. The smallest absolute Gasteiger partial charge is 0.339 e. The summed E-state index contributed by atoms with van der Waals surface area (Å²) in [6.45, 7) is 2.85. The lowest BCUT2D eigenvalue weighted by atomic mass is 10.2. The van der Waals surface area contributed by atoms with E-state index in [9.17, 15) is 4.79 Å². The monoisotopic (exact) mass is 418 g/mol. The van der Waals surface area contributed by atoms with Crippen molar-refractivity contribution < 1.29 is 14.3 Å². The van der Waals surface area contributed by atoms with Crippen molar-refractivity contribution in [3.63, 3.8) is 0 Å². The van der Waals surface area contributed by atoms with Gasteiger partial charge in [-0.1, -0.05) is 0 Å². The Hall–Kier alpha value is -1.48. The van der Waals surface area contributed by atoms with E-state index in [0.717, 1.165) is 4.47 Å². The number of hydrogen-bond donors (Lipinski definition) is 0. The van der Waals surface area contributed by atoms with E-state index >= 15 is 0 Å². The zero-order chi connectivity index (χ0) is 15.2. The number of ether oxygens (including phenoxy) is 2. The first-order chi connectivity index (χ1) is 10.1. The Morgan fingerprint density at radius 1 is 1.38 bits per heavy atom. The van der Waals surface area contributed by atoms with Crippen molar-refractivity contribution in [3.05, 3.63) is 33.0 Å². The predicted octanol–water partition coefficient (Wildman–Crippen LogP) is 2.45. The minimum absolute atomic E-state index is 0.315. The molecule has 0 bridgehead atoms. The summed E-state index contributed by atoms with van der Waals surface area (Å²) >= 11 is 6.77. The molecule has 1 heterocycles. The van der Waals surface area contributed by atoms with Gasteiger partial charge in [0, 0.05) is 0 Å². The number of aromatic nitrogens is 4. The minimum atomic E-state index is -0.403. The van der Waals surface area contributed by atoms with Crippen molar-refractivity contribution in [1.82, 2.24) is 20.2 Å². The second-order valence-corrected chi connectivity index (χ2v) is 5.49. The van der Waals surface area contributed by atoms with Gasteiger partial charge in [-0.3, -0.25) is 0 Å². The zero-order valence-electron chi connectivity index (χ0n) is 11.1. The van der Waals surface area contributed by atoms with E-state index < -0.39 is 5.97 Å². The van der Waals surface area contributed by atoms with E-state index in [0.29, 0.717) is 35.5 Å². The van der Waals surface area contributed by atoms with Crippen molar-refractivity contribution in [2.24, 2.45) is 0 Å². The number of benzene rings is 1. The molecule has 0 radical (unpaired) electrons. The van der Waals surface area contributed by atoms with Gasteiger partial charge in [0.05, 0.1) is 27.7 Å². The average Bonchev–Trinajstić information content (AvgIpc) is 2.96. The van der Waals surface area contributed by atoms with Gasteiger partial charge < -0.3 is 9.47 Å². The number of carbonyl (C=O) groups is 1. The number of tetrazole rings is 1. The van der Waals surface area contributed by atoms with Crippen molar-refractivity contribution in [1.29, 1.82) is 0 Å². The van der Waals surface area contributed by atoms with Crippen LogP contribution in [0.4, 0.5) is 0 Å². The second-order valence-electron chi connectivity index (χ2n) is 3.84. The molecule has 2 aromatic rings. The van der Waals surface area contributed by atoms with E-state index in [-0.39, 0.29) is 0 Å². The first-order valence-electron chi connectivity index (χ1n) is 6.12. The lowest BCUT2D eigenvalue weighted by Crippen LogP contribution is -2.12. The largest absolute Gasteiger partial charge is 0.489 e. The van der Waals surface area contributed by atoms with Gasteiger partial charge in [0.15, 0.2) is 6.33 Å². The van der Waals surface area contributed by atoms with Gasteiger partial charge in [-0.15, -0.1) is 10.2 Å². The molecule has 0 aliphatic carbocycles. The van der Waals surface area contributed by atoms with Crippen LogP contribution < -0.4 is 4.74 Å². The molecule has 0 spiro atoms. The van der Waals surface area contributed by atoms with Gasteiger partial charge in [0.25, 0.3) is 0 Å². The number of esters is 1. The third-order valence-electron chi connectivity index (χ3n) is 2.47. The van der Waals surface area contributed by atoms with E-state index in [1.807, 2.05) is 0 Å². The van der Waals surface area contributed by atoms with Gasteiger partial charge in [0.2, 0.25) is 0 Å². The molecule has 0 aliphatic heterocycles. The highest BCUT2D eigenvalue weighted by atomic mass is 79.9. The third kappa shape index (κ3) is 4.01. The first-order valence-corrected chi connectivity index (χ1v) is 7.70. The molecular weight excluding hydrogens is 408 g/mol. The van der Waals surface area contributed by atoms with Gasteiger partial charge in [-0.2, -0.15) is 4.80 Å². The van der Waals surface area contributed by atoms with E-state index in [1.165, 1.54) is 11.1 Å². The molecule has 21 heavy (non-hydrogen) atoms. The lowest BCUT2D eigenvalue weighted by Gasteiger charge is -2.12. The molecule has 0 amide bonds. The van der Waals surface area contributed by atoms with E-state index in [1.54, 1.807) is 19.1 Å². The highest BCUT2D eigenvalue weighted by molar-refractivity contribution is 9.11. The maximum Gasteiger partial charge on any atom is 0.339 e. The quantitative estimate of drug-likeness (QED) is 0.669. The summed E-state index contributed by atoms with van der Waals surface area (Å²) in [5, 5.41) is 11.2. The summed E-state index contributed by atoms with van der Waals surface area (Å²) in [6, 6.07) is 3.40. The molecule has 112 valence electrons. The maximum atomic E-state index is 11.8. The van der Waals surface area contributed by atoms with Crippen LogP contribution in [0.3, 0.4) is 0 Å². The molecule has 9 heteroatoms. The van der Waals surface area contributed by atoms with Crippen LogP contribution in [-0.4, -0.2) is 39.4 Å². The van der Waals surface area contributed by atoms with Crippen LogP contribution >= 0.6 is 31.9 Å². The number of hydrogen-bond acceptors (Lipinski definition) is 6. The van der Waals surface area contributed by atoms with Gasteiger partial charge >= 0.3 is 5.97 Å². The third-order valence-corrected chi connectivity index (χ3v) is 3.89. The summed E-state index contributed by atoms with van der Waals surface area (Å²) < 4.78 is 11.9. The van der Waals surface area contributed by atoms with Gasteiger partial charge in [-0.25, -0.2) is 4.79 Å². The molecule has 1 aromatic carbocycles. The van der Waals surface area contributed by atoms with Crippen molar-refractivity contribution in [3.8, 4) is 5.75 Å². The van der Waals surface area contributed by atoms with E-state index in [4.69, 9.17) is 9.47 Å². The lowest BCUT2D eigenvalue weighted by molar-refractivity contribution is 0.0524. The van der Waals surface area contributed by atoms with Crippen molar-refractivity contribution >= 4 is 37.8 Å². The normalized spacial score (nSPS) is 10.4. The Balaban J connectivity index is 2.10. The van der Waals surface area contributed by atoms with Gasteiger partial charge in [-0.05, 0) is 56.1 Å². The number of carbonyl (C=O) groups excluding carboxylic acids is 1. The summed E-state index contributed by atoms with van der Waals surface area (Å²) in [5.41, 5.74) is 0.411. The molecule has 0 saturated carbocycles. The Bertz CT molecular complexity index is 619. The summed E-state index contributed by atoms with van der Waals surface area (Å²) in [7, 11) is 0. The molecule has 2 rings (SSSR count). The molecule has 7 nitrogen and oxygen atoms in total. The average molecular weight is 420 g/mol. The number of nitrogens with zero attached hydrogens (tertiary/aromatic N) is 4. The van der Waals surface area contributed by atoms with Crippen molar-refractivity contribution in [2.75, 3.05) is 13.2 Å². The molecule has 0 N–H and O–H groups in total. The van der Waals surface area contributed by atoms with E-state index in [2.05, 4.69) is 47.3 Å². The maximum absolute atomic E-state index is 11.8. The van der Waals surface area contributed by atoms with Crippen molar-refractivity contribution in [2.45, 2.75) is 13.5 Å². The molecule has 0 saturated heterocycles. The fourth-order valence-corrected chi connectivity index (χ4v) is 2.88. The number of halogens is 2. The fraction of sp³-hybridized carbons (Fsp3) is 0.333. The Morgan fingerprint density at radius 2 is 2.19 bits per heavy atom. The Labute approximate surface area is 137 Å². The van der Waals surface area contributed by atoms with Crippen LogP contribution in [0.15, 0.2) is 27.4 Å². The second kappa shape index (κ2) is 7.51. The van der Waals surface area contributed by atoms with Crippen LogP contribution in [0.1, 0.15) is 17.3 Å². The molecule has 1 aromatic heterocycles. The van der Waals surface area contributed by atoms with Crippen LogP contribution in [0.2, 0.25) is 0 Å². The SMILES string of the molecule is CCOC(=O)c1ccc(Br)c(OCCn2ncnn2)c1Br. The highest BCUT2D eigenvalue weighted by Crippen LogP contribution is 2.36. The molecule has 0 unspecified atom stereocenters. The number of rotatable bonds is 6. The predicted molar refractivity (Wildman–Crippen MR) is 81.1 cm³/mol. The Kier molecular flexibility index (Phi) is 5.68. The molecule has 0 fully saturated rings. The summed E-state index contributed by atoms with van der Waals surface area (Å²) in [4.78, 5) is 13.2. The fourth-order valence-electron chi connectivity index (χ4n) is 1.55. The topological polar surface area (TPSA) is 79.1 Å². The van der Waals surface area contributed by atoms with Crippen LogP contribution in [0.5, 0.6) is 5.75 Å². The van der Waals surface area contributed by atoms with Crippen LogP contribution in [0, 0.1) is 0 Å². The summed E-state index contributed by atoms with van der Waals surface area (Å²) in [5.74, 6) is 0.125. The highest BCUT2D eigenvalue weighted by Gasteiger charge is 2.17. The Morgan fingerprint density at radius 3 is 2.86 bits per heavy atom. The molecular formula is C12H12Br2N4O3. The van der Waals surface area contributed by atoms with Gasteiger partial charge in [0.1, 0.15) is 12.4 Å². The first kappa shape index (κ1) is 15.9. The minimum Gasteiger partial charge on any atom is -0.489 e. The standard InChI is InChI=1S/C12H12Br2N4O3/c1-2-20-12(19)8-3-4-9(13)11(10(8)14)21-6-5-18-16-7-15-17-18/h3-4,7H,2,5-6H2,1H3. The van der Waals surface area contributed by atoms with Crippen LogP contribution in [-0.2, 0) is 11.3 Å². The zero-order valence-corrected chi connectivity index (χ0v) is 14.3. The summed E-state index contributed by atoms with van der Waals surface area (Å²) in [6.07, 6.45) is 1.35. The van der Waals surface area contributed by atoms with Crippen LogP contribution in [0.25, 0.3) is 0 Å². The molecule has 0 aliphatic rings.